The number of hydrogen-bond donors (Lipinski definition) is 1. The van der Waals surface area contributed by atoms with Crippen molar-refractivity contribution in [1.82, 2.24) is 19.4 Å². The molecular weight excluding hydrogens is 427 g/mol. The van der Waals surface area contributed by atoms with Gasteiger partial charge in [0, 0.05) is 24.5 Å². The smallest absolute Gasteiger partial charge is 0.261 e. The lowest BCUT2D eigenvalue weighted by molar-refractivity contribution is 0.0925. The number of halogens is 1. The number of nitrogens with one attached hydrogen (secondary N) is 1. The number of aryl methyl sites for hydroxylation is 1. The number of carbonyl (C=O) groups excluding carboxylic acids is 1. The van der Waals surface area contributed by atoms with E-state index in [0.717, 1.165) is 34.3 Å². The first-order valence-corrected chi connectivity index (χ1v) is 12.3. The third-order valence-corrected chi connectivity index (χ3v) is 7.68. The second-order valence-corrected chi connectivity index (χ2v) is 10.6. The Kier molecular flexibility index (Phi) is 5.65. The Labute approximate surface area is 178 Å². The Morgan fingerprint density at radius 2 is 2.07 bits per heavy atom. The summed E-state index contributed by atoms with van der Waals surface area (Å²) in [7, 11) is -3.26. The molecule has 2 aromatic heterocycles. The first kappa shape index (κ1) is 21.0. The summed E-state index contributed by atoms with van der Waals surface area (Å²) in [5, 5.41) is 8.44. The number of piperidine rings is 1. The molecule has 10 heteroatoms. The molecule has 1 fully saturated rings. The lowest BCUT2D eigenvalue weighted by Crippen LogP contribution is -2.49. The molecule has 0 aliphatic carbocycles. The summed E-state index contributed by atoms with van der Waals surface area (Å²) in [4.78, 5) is 14.3. The van der Waals surface area contributed by atoms with E-state index in [1.165, 1.54) is 34.0 Å². The molecule has 1 aromatic carbocycles. The van der Waals surface area contributed by atoms with Gasteiger partial charge in [-0.3, -0.25) is 9.48 Å². The van der Waals surface area contributed by atoms with Crippen LogP contribution in [0.5, 0.6) is 0 Å². The van der Waals surface area contributed by atoms with Gasteiger partial charge < -0.3 is 5.32 Å². The molecule has 1 aliphatic rings. The number of rotatable bonds is 5. The van der Waals surface area contributed by atoms with E-state index in [0.29, 0.717) is 24.5 Å². The minimum absolute atomic E-state index is 0.204. The molecule has 4 rings (SSSR count). The lowest BCUT2D eigenvalue weighted by atomic mass is 10.1. The summed E-state index contributed by atoms with van der Waals surface area (Å²) in [6, 6.07) is 7.89. The number of amides is 1. The molecule has 3 aromatic rings. The molecule has 0 saturated carbocycles. The van der Waals surface area contributed by atoms with E-state index in [1.54, 1.807) is 12.1 Å². The summed E-state index contributed by atoms with van der Waals surface area (Å²) >= 11 is 1.35. The second kappa shape index (κ2) is 8.09. The zero-order valence-electron chi connectivity index (χ0n) is 16.8. The Morgan fingerprint density at radius 3 is 2.77 bits per heavy atom. The number of aromatic nitrogens is 2. The standard InChI is InChI=1S/C20H23FN4O3S2/c1-13-17-10-18(19(26)22-16-4-3-9-24(12-16)30(2,27)28)29-20(17)25(23-13)11-14-5-7-15(21)8-6-14/h5-8,10,16H,3-4,9,11-12H2,1-2H3,(H,22,26). The number of nitrogens with zero attached hydrogens (tertiary/aromatic N) is 3. The van der Waals surface area contributed by atoms with Crippen LogP contribution in [0.25, 0.3) is 10.2 Å². The Hall–Kier alpha value is -2.30. The maximum Gasteiger partial charge on any atom is 0.261 e. The van der Waals surface area contributed by atoms with Crippen molar-refractivity contribution < 1.29 is 17.6 Å². The van der Waals surface area contributed by atoms with E-state index >= 15 is 0 Å². The molecular formula is C20H23FN4O3S2. The number of hydrogen-bond acceptors (Lipinski definition) is 5. The second-order valence-electron chi connectivity index (χ2n) is 7.63. The molecule has 1 aliphatic heterocycles. The van der Waals surface area contributed by atoms with E-state index in [1.807, 2.05) is 17.7 Å². The molecule has 1 amide bonds. The van der Waals surface area contributed by atoms with Crippen molar-refractivity contribution in [2.45, 2.75) is 32.4 Å². The molecule has 0 radical (unpaired) electrons. The SMILES string of the molecule is Cc1nn(Cc2ccc(F)cc2)c2sc(C(=O)NC3CCCN(S(C)(=O)=O)C3)cc12. The zero-order valence-corrected chi connectivity index (χ0v) is 18.4. The predicted octanol–water partition coefficient (Wildman–Crippen LogP) is 2.75. The summed E-state index contributed by atoms with van der Waals surface area (Å²) in [6.07, 6.45) is 2.66. The molecule has 1 atom stereocenters. The van der Waals surface area contributed by atoms with Gasteiger partial charge in [0.1, 0.15) is 10.6 Å². The van der Waals surface area contributed by atoms with Gasteiger partial charge in [0.25, 0.3) is 5.91 Å². The van der Waals surface area contributed by atoms with Crippen LogP contribution >= 0.6 is 11.3 Å². The van der Waals surface area contributed by atoms with E-state index in [4.69, 9.17) is 0 Å². The van der Waals surface area contributed by atoms with Gasteiger partial charge in [0.05, 0.1) is 23.4 Å². The molecule has 1 saturated heterocycles. The van der Waals surface area contributed by atoms with E-state index < -0.39 is 10.0 Å². The maximum absolute atomic E-state index is 13.2. The van der Waals surface area contributed by atoms with Crippen LogP contribution in [-0.2, 0) is 16.6 Å². The van der Waals surface area contributed by atoms with E-state index in [2.05, 4.69) is 10.4 Å². The van der Waals surface area contributed by atoms with Crippen LogP contribution in [0.4, 0.5) is 4.39 Å². The summed E-state index contributed by atoms with van der Waals surface area (Å²) in [6.45, 7) is 3.17. The Morgan fingerprint density at radius 1 is 1.33 bits per heavy atom. The van der Waals surface area contributed by atoms with Gasteiger partial charge in [-0.2, -0.15) is 5.10 Å². The maximum atomic E-state index is 13.2. The first-order valence-electron chi connectivity index (χ1n) is 9.68. The number of benzene rings is 1. The van der Waals surface area contributed by atoms with Crippen molar-refractivity contribution in [2.24, 2.45) is 0 Å². The number of fused-ring (bicyclic) bond motifs is 1. The minimum Gasteiger partial charge on any atom is -0.347 e. The van der Waals surface area contributed by atoms with Crippen LogP contribution in [0.3, 0.4) is 0 Å². The molecule has 0 bridgehead atoms. The summed E-state index contributed by atoms with van der Waals surface area (Å²) < 4.78 is 40.0. The normalized spacial score (nSPS) is 18.0. The number of sulfonamides is 1. The molecule has 0 spiro atoms. The van der Waals surface area contributed by atoms with Crippen molar-refractivity contribution >= 4 is 37.5 Å². The summed E-state index contributed by atoms with van der Waals surface area (Å²) in [5.41, 5.74) is 1.74. The first-order chi connectivity index (χ1) is 14.2. The predicted molar refractivity (Wildman–Crippen MR) is 115 cm³/mol. The third kappa shape index (κ3) is 4.40. The monoisotopic (exact) mass is 450 g/mol. The van der Waals surface area contributed by atoms with E-state index in [-0.39, 0.29) is 17.8 Å². The largest absolute Gasteiger partial charge is 0.347 e. The minimum atomic E-state index is -3.26. The molecule has 160 valence electrons. The van der Waals surface area contributed by atoms with Crippen molar-refractivity contribution in [3.8, 4) is 0 Å². The van der Waals surface area contributed by atoms with Gasteiger partial charge in [-0.1, -0.05) is 12.1 Å². The van der Waals surface area contributed by atoms with Crippen LogP contribution in [0.15, 0.2) is 30.3 Å². The highest BCUT2D eigenvalue weighted by molar-refractivity contribution is 7.88. The fourth-order valence-electron chi connectivity index (χ4n) is 3.71. The van der Waals surface area contributed by atoms with Gasteiger partial charge in [-0.25, -0.2) is 17.1 Å². The highest BCUT2D eigenvalue weighted by atomic mass is 32.2. The van der Waals surface area contributed by atoms with Crippen LogP contribution < -0.4 is 5.32 Å². The fraction of sp³-hybridized carbons (Fsp3) is 0.400. The molecule has 1 unspecified atom stereocenters. The highest BCUT2D eigenvalue weighted by Gasteiger charge is 2.27. The van der Waals surface area contributed by atoms with Crippen molar-refractivity contribution in [3.05, 3.63) is 52.3 Å². The van der Waals surface area contributed by atoms with Crippen LogP contribution in [0.1, 0.15) is 33.8 Å². The lowest BCUT2D eigenvalue weighted by Gasteiger charge is -2.31. The Balaban J connectivity index is 1.52. The van der Waals surface area contributed by atoms with Crippen molar-refractivity contribution in [3.63, 3.8) is 0 Å². The van der Waals surface area contributed by atoms with Gasteiger partial charge in [-0.15, -0.1) is 11.3 Å². The molecule has 30 heavy (non-hydrogen) atoms. The summed E-state index contributed by atoms with van der Waals surface area (Å²) in [5.74, 6) is -0.489. The van der Waals surface area contributed by atoms with Gasteiger partial charge in [0.2, 0.25) is 10.0 Å². The number of carbonyl (C=O) groups is 1. The zero-order chi connectivity index (χ0) is 21.5. The fourth-order valence-corrected chi connectivity index (χ4v) is 5.69. The van der Waals surface area contributed by atoms with Gasteiger partial charge in [-0.05, 0) is 43.5 Å². The van der Waals surface area contributed by atoms with Crippen molar-refractivity contribution in [1.29, 1.82) is 0 Å². The average molecular weight is 451 g/mol. The van der Waals surface area contributed by atoms with Gasteiger partial charge in [0.15, 0.2) is 0 Å². The molecule has 1 N–H and O–H groups in total. The van der Waals surface area contributed by atoms with Crippen LogP contribution in [0.2, 0.25) is 0 Å². The molecule has 3 heterocycles. The van der Waals surface area contributed by atoms with Crippen LogP contribution in [0, 0.1) is 12.7 Å². The van der Waals surface area contributed by atoms with Gasteiger partial charge >= 0.3 is 0 Å². The quantitative estimate of drug-likeness (QED) is 0.648. The molecule has 7 nitrogen and oxygen atoms in total. The number of thiophene rings is 1. The Bertz CT molecular complexity index is 1180. The topological polar surface area (TPSA) is 84.3 Å². The van der Waals surface area contributed by atoms with Crippen LogP contribution in [-0.4, -0.2) is 53.8 Å². The average Bonchev–Trinajstić information content (AvgIpc) is 3.25. The third-order valence-electron chi connectivity index (χ3n) is 5.27. The van der Waals surface area contributed by atoms with Crippen molar-refractivity contribution in [2.75, 3.05) is 19.3 Å². The van der Waals surface area contributed by atoms with E-state index in [9.17, 15) is 17.6 Å². The highest BCUT2D eigenvalue weighted by Crippen LogP contribution is 2.29.